The molecule has 0 radical (unpaired) electrons. The number of hydrogen-bond donors (Lipinski definition) is 5. The predicted molar refractivity (Wildman–Crippen MR) is 231 cm³/mol. The van der Waals surface area contributed by atoms with Crippen molar-refractivity contribution in [2.45, 2.75) is 90.3 Å². The van der Waals surface area contributed by atoms with Crippen LogP contribution in [0.4, 0.5) is 0 Å². The van der Waals surface area contributed by atoms with E-state index >= 15 is 0 Å². The maximum atomic E-state index is 14.1. The van der Waals surface area contributed by atoms with Crippen LogP contribution in [0.25, 0.3) is 0 Å². The number of amides is 1. The van der Waals surface area contributed by atoms with Crippen LogP contribution in [0.3, 0.4) is 0 Å². The van der Waals surface area contributed by atoms with Crippen molar-refractivity contribution >= 4 is 34.7 Å². The highest BCUT2D eigenvalue weighted by atomic mass is 35.5. The number of ether oxygens (including phenoxy) is 3. The van der Waals surface area contributed by atoms with Gasteiger partial charge in [-0.15, -0.1) is 0 Å². The van der Waals surface area contributed by atoms with E-state index in [-0.39, 0.29) is 30.6 Å². The van der Waals surface area contributed by atoms with Gasteiger partial charge in [0.2, 0.25) is 0 Å². The first kappa shape index (κ1) is 45.4. The lowest BCUT2D eigenvalue weighted by Gasteiger charge is -2.34. The average molecular weight is 833 g/mol. The van der Waals surface area contributed by atoms with E-state index in [0.29, 0.717) is 65.5 Å². The molecule has 3 aromatic rings. The standard InChI is InChI=1S/C45H61ClN6O7/c1-7-52(8-2)25-26-57-34-14-9-31(10-15-34)42(54)41-36-27-33(46)13-18-37(36)59-43(41)32-11-16-35(17-12-32)58-29-40(53)47-22-19-30-20-23-48-44(3,4)38(50-55)28-39(51-56)45(5,6)49-24-21-30/h9-18,27,30,41,43,48-49,55-56H,7-8,19-26,28-29H2,1-6H3,(H,47,53)/b50-38-,51-39-. The van der Waals surface area contributed by atoms with Crippen LogP contribution in [0.2, 0.25) is 5.02 Å². The summed E-state index contributed by atoms with van der Waals surface area (Å²) in [5.74, 6) is 1.18. The number of likely N-dealkylation sites (N-methyl/N-ethyl adjacent to an activating group) is 1. The van der Waals surface area contributed by atoms with Crippen molar-refractivity contribution in [3.05, 3.63) is 88.4 Å². The topological polar surface area (TPSA) is 166 Å². The summed E-state index contributed by atoms with van der Waals surface area (Å²) in [7, 11) is 0. The molecule has 1 amide bonds. The van der Waals surface area contributed by atoms with Crippen LogP contribution in [0.1, 0.15) is 101 Å². The molecule has 13 nitrogen and oxygen atoms in total. The molecule has 0 saturated carbocycles. The number of carbonyl (C=O) groups is 2. The maximum Gasteiger partial charge on any atom is 0.257 e. The largest absolute Gasteiger partial charge is 0.492 e. The van der Waals surface area contributed by atoms with Gasteiger partial charge in [0.05, 0.1) is 28.4 Å². The summed E-state index contributed by atoms with van der Waals surface area (Å²) in [6.45, 7) is 17.0. The number of halogens is 1. The smallest absolute Gasteiger partial charge is 0.257 e. The van der Waals surface area contributed by atoms with Crippen LogP contribution in [0.15, 0.2) is 77.0 Å². The van der Waals surface area contributed by atoms with Crippen molar-refractivity contribution in [2.75, 3.05) is 52.5 Å². The normalized spacial score (nSPS) is 21.9. The number of hydrogen-bond acceptors (Lipinski definition) is 12. The molecule has 2 aliphatic heterocycles. The Kier molecular flexibility index (Phi) is 16.2. The van der Waals surface area contributed by atoms with Gasteiger partial charge in [-0.05, 0) is 139 Å². The Morgan fingerprint density at radius 1 is 0.881 bits per heavy atom. The Balaban J connectivity index is 1.15. The number of nitrogens with one attached hydrogen (secondary N) is 3. The van der Waals surface area contributed by atoms with Gasteiger partial charge in [0.15, 0.2) is 12.4 Å². The van der Waals surface area contributed by atoms with E-state index < -0.39 is 23.1 Å². The fourth-order valence-corrected chi connectivity index (χ4v) is 7.79. The molecular weight excluding hydrogens is 772 g/mol. The Labute approximate surface area is 353 Å². The molecule has 14 heteroatoms. The van der Waals surface area contributed by atoms with E-state index in [9.17, 15) is 20.0 Å². The van der Waals surface area contributed by atoms with Crippen molar-refractivity contribution in [2.24, 2.45) is 16.2 Å². The Bertz CT molecular complexity index is 1880. The number of fused-ring (bicyclic) bond motifs is 1. The predicted octanol–water partition coefficient (Wildman–Crippen LogP) is 7.24. The molecule has 0 aromatic heterocycles. The molecule has 0 spiro atoms. The molecule has 0 aliphatic carbocycles. The zero-order valence-corrected chi connectivity index (χ0v) is 36.0. The fraction of sp³-hybridized carbons (Fsp3) is 0.511. The summed E-state index contributed by atoms with van der Waals surface area (Å²) in [6.07, 6.45) is 2.11. The van der Waals surface area contributed by atoms with Gasteiger partial charge < -0.3 is 45.5 Å². The molecule has 0 bridgehead atoms. The number of ketones is 1. The first-order valence-corrected chi connectivity index (χ1v) is 21.0. The third kappa shape index (κ3) is 12.2. The third-order valence-corrected chi connectivity index (χ3v) is 11.8. The maximum absolute atomic E-state index is 14.1. The minimum atomic E-state index is -0.625. The van der Waals surface area contributed by atoms with E-state index in [1.807, 2.05) is 52.0 Å². The zero-order chi connectivity index (χ0) is 42.6. The Morgan fingerprint density at radius 2 is 1.47 bits per heavy atom. The Hall–Kier alpha value is -4.69. The number of nitrogens with zero attached hydrogens (tertiary/aromatic N) is 3. The van der Waals surface area contributed by atoms with E-state index in [1.165, 1.54) is 0 Å². The lowest BCUT2D eigenvalue weighted by molar-refractivity contribution is -0.123. The minimum absolute atomic E-state index is 0.0881. The van der Waals surface area contributed by atoms with Crippen LogP contribution in [-0.4, -0.2) is 102 Å². The molecule has 2 aliphatic rings. The number of Topliss-reactive ketones (excluding diaryl/α,β-unsaturated/α-hetero) is 1. The molecule has 2 unspecified atom stereocenters. The third-order valence-electron chi connectivity index (χ3n) is 11.6. The molecule has 320 valence electrons. The van der Waals surface area contributed by atoms with E-state index in [0.717, 1.165) is 50.0 Å². The lowest BCUT2D eigenvalue weighted by Crippen LogP contribution is -2.53. The van der Waals surface area contributed by atoms with Crippen molar-refractivity contribution in [1.29, 1.82) is 0 Å². The Morgan fingerprint density at radius 3 is 2.07 bits per heavy atom. The molecule has 5 N–H and O–H groups in total. The quantitative estimate of drug-likeness (QED) is 0.0599. The summed E-state index contributed by atoms with van der Waals surface area (Å²) in [4.78, 5) is 29.3. The minimum Gasteiger partial charge on any atom is -0.492 e. The highest BCUT2D eigenvalue weighted by molar-refractivity contribution is 6.30. The number of rotatable bonds is 15. The van der Waals surface area contributed by atoms with Gasteiger partial charge in [0.1, 0.15) is 30.0 Å². The van der Waals surface area contributed by atoms with Gasteiger partial charge in [-0.2, -0.15) is 0 Å². The van der Waals surface area contributed by atoms with Crippen molar-refractivity contribution < 1.29 is 34.2 Å². The van der Waals surface area contributed by atoms with Crippen LogP contribution >= 0.6 is 11.6 Å². The monoisotopic (exact) mass is 832 g/mol. The van der Waals surface area contributed by atoms with Gasteiger partial charge >= 0.3 is 0 Å². The number of carbonyl (C=O) groups excluding carboxylic acids is 2. The molecule has 3 aromatic carbocycles. The van der Waals surface area contributed by atoms with Crippen LogP contribution in [0, 0.1) is 5.92 Å². The molecule has 5 rings (SSSR count). The number of oxime groups is 2. The molecule has 2 atom stereocenters. The summed E-state index contributed by atoms with van der Waals surface area (Å²) >= 11 is 6.41. The van der Waals surface area contributed by atoms with Gasteiger partial charge in [0.25, 0.3) is 5.91 Å². The molecule has 2 heterocycles. The summed E-state index contributed by atoms with van der Waals surface area (Å²) in [5, 5.41) is 37.1. The molecule has 1 saturated heterocycles. The van der Waals surface area contributed by atoms with Crippen molar-refractivity contribution in [1.82, 2.24) is 20.9 Å². The highest BCUT2D eigenvalue weighted by Gasteiger charge is 2.41. The van der Waals surface area contributed by atoms with Crippen LogP contribution < -0.4 is 30.2 Å². The SMILES string of the molecule is CCN(CC)CCOc1ccc(C(=O)C2c3cc(Cl)ccc3OC2c2ccc(OCC(=O)NCCC3CCNC(C)(C)/C(=N\O)C/C(=N/O)C(C)(C)NCC3)cc2)cc1. The van der Waals surface area contributed by atoms with E-state index in [2.05, 4.69) is 45.0 Å². The summed E-state index contributed by atoms with van der Waals surface area (Å²) in [5.41, 5.74) is 1.78. The summed E-state index contributed by atoms with van der Waals surface area (Å²) < 4.78 is 18.2. The zero-order valence-electron chi connectivity index (χ0n) is 35.2. The van der Waals surface area contributed by atoms with Crippen molar-refractivity contribution in [3.63, 3.8) is 0 Å². The molecule has 1 fully saturated rings. The van der Waals surface area contributed by atoms with Crippen LogP contribution in [0.5, 0.6) is 17.2 Å². The molecule has 59 heavy (non-hydrogen) atoms. The second-order valence-corrected chi connectivity index (χ2v) is 16.7. The van der Waals surface area contributed by atoms with Gasteiger partial charge in [0, 0.05) is 35.7 Å². The fourth-order valence-electron chi connectivity index (χ4n) is 7.61. The average Bonchev–Trinajstić information content (AvgIpc) is 3.60. The van der Waals surface area contributed by atoms with Gasteiger partial charge in [-0.3, -0.25) is 9.59 Å². The lowest BCUT2D eigenvalue weighted by atomic mass is 9.85. The van der Waals surface area contributed by atoms with Gasteiger partial charge in [-0.25, -0.2) is 0 Å². The highest BCUT2D eigenvalue weighted by Crippen LogP contribution is 2.48. The van der Waals surface area contributed by atoms with Gasteiger partial charge in [-0.1, -0.05) is 47.9 Å². The second kappa shape index (κ2) is 21.0. The van der Waals surface area contributed by atoms with E-state index in [4.69, 9.17) is 25.8 Å². The van der Waals surface area contributed by atoms with E-state index in [1.54, 1.807) is 42.5 Å². The number of benzene rings is 3. The summed E-state index contributed by atoms with van der Waals surface area (Å²) in [6, 6.07) is 19.9. The first-order valence-electron chi connectivity index (χ1n) is 20.7. The molecular formula is C45H61ClN6O7. The van der Waals surface area contributed by atoms with Crippen LogP contribution in [-0.2, 0) is 4.79 Å². The first-order chi connectivity index (χ1) is 28.3. The second-order valence-electron chi connectivity index (χ2n) is 16.3. The van der Waals surface area contributed by atoms with Crippen molar-refractivity contribution in [3.8, 4) is 17.2 Å².